The lowest BCUT2D eigenvalue weighted by Gasteiger charge is -2.30. The Morgan fingerprint density at radius 3 is 2.63 bits per heavy atom. The summed E-state index contributed by atoms with van der Waals surface area (Å²) in [6.07, 6.45) is 3.66. The van der Waals surface area contributed by atoms with E-state index < -0.39 is 0 Å². The summed E-state index contributed by atoms with van der Waals surface area (Å²) in [7, 11) is 0. The minimum absolute atomic E-state index is 0.185. The van der Waals surface area contributed by atoms with E-state index in [-0.39, 0.29) is 12.1 Å². The summed E-state index contributed by atoms with van der Waals surface area (Å²) in [6.45, 7) is 3.42. The van der Waals surface area contributed by atoms with Crippen molar-refractivity contribution in [2.75, 3.05) is 18.5 Å². The van der Waals surface area contributed by atoms with Crippen molar-refractivity contribution in [1.29, 1.82) is 0 Å². The van der Waals surface area contributed by atoms with Crippen LogP contribution in [0.25, 0.3) is 0 Å². The number of anilines is 1. The molecule has 0 spiro atoms. The zero-order valence-electron chi connectivity index (χ0n) is 11.3. The molecule has 0 aromatic heterocycles. The monoisotopic (exact) mass is 324 g/mol. The Balaban J connectivity index is 1.74. The highest BCUT2D eigenvalue weighted by Crippen LogP contribution is 2.38. The molecule has 2 aliphatic rings. The first-order valence-corrected chi connectivity index (χ1v) is 7.81. The zero-order valence-corrected chi connectivity index (χ0v) is 12.9. The lowest BCUT2D eigenvalue weighted by molar-refractivity contribution is 0.201. The van der Waals surface area contributed by atoms with Crippen LogP contribution in [-0.4, -0.2) is 40.8 Å². The van der Waals surface area contributed by atoms with Crippen LogP contribution in [0, 0.1) is 0 Å². The zero-order chi connectivity index (χ0) is 13.5. The molecule has 0 radical (unpaired) electrons. The Bertz CT molecular complexity index is 446. The fourth-order valence-electron chi connectivity index (χ4n) is 3.23. The van der Waals surface area contributed by atoms with Gasteiger partial charge in [-0.3, -0.25) is 4.90 Å². The van der Waals surface area contributed by atoms with Gasteiger partial charge in [-0.25, -0.2) is 0 Å². The summed E-state index contributed by atoms with van der Waals surface area (Å²) >= 11 is 3.45. The third-order valence-corrected chi connectivity index (χ3v) is 4.84. The summed E-state index contributed by atoms with van der Waals surface area (Å²) in [5.41, 5.74) is 0.901. The fourth-order valence-corrected chi connectivity index (χ4v) is 3.50. The number of benzene rings is 1. The summed E-state index contributed by atoms with van der Waals surface area (Å²) in [6, 6.07) is 9.50. The molecule has 2 atom stereocenters. The fraction of sp³-hybridized carbons (Fsp3) is 0.600. The highest BCUT2D eigenvalue weighted by molar-refractivity contribution is 9.10. The maximum Gasteiger partial charge on any atom is 0.0745 e. The maximum absolute atomic E-state index is 9.87. The van der Waals surface area contributed by atoms with Gasteiger partial charge in [0.05, 0.1) is 12.1 Å². The lowest BCUT2D eigenvalue weighted by atomic mass is 9.97. The van der Waals surface area contributed by atoms with Crippen molar-refractivity contribution in [1.82, 2.24) is 4.90 Å². The maximum atomic E-state index is 9.87. The van der Waals surface area contributed by atoms with Crippen molar-refractivity contribution in [3.8, 4) is 0 Å². The van der Waals surface area contributed by atoms with Crippen LogP contribution in [0.5, 0.6) is 0 Å². The van der Waals surface area contributed by atoms with E-state index in [9.17, 15) is 5.11 Å². The second kappa shape index (κ2) is 5.08. The minimum atomic E-state index is -0.185. The van der Waals surface area contributed by atoms with Gasteiger partial charge in [0.2, 0.25) is 0 Å². The van der Waals surface area contributed by atoms with Crippen molar-refractivity contribution >= 4 is 21.6 Å². The Labute approximate surface area is 123 Å². The van der Waals surface area contributed by atoms with Gasteiger partial charge < -0.3 is 10.4 Å². The number of halogens is 1. The Morgan fingerprint density at radius 1 is 1.37 bits per heavy atom. The number of likely N-dealkylation sites (tertiary alicyclic amines) is 1. The molecule has 0 amide bonds. The Hall–Kier alpha value is -0.580. The van der Waals surface area contributed by atoms with Gasteiger partial charge in [-0.1, -0.05) is 15.9 Å². The molecule has 3 rings (SSSR count). The van der Waals surface area contributed by atoms with Gasteiger partial charge in [-0.15, -0.1) is 0 Å². The SMILES string of the molecule is CC1CC(CO)(Nc2ccc(Br)cc2)CN1C1CC1. The van der Waals surface area contributed by atoms with Crippen molar-refractivity contribution in [2.45, 2.75) is 43.8 Å². The van der Waals surface area contributed by atoms with Gasteiger partial charge in [0.15, 0.2) is 0 Å². The lowest BCUT2D eigenvalue weighted by Crippen LogP contribution is -2.45. The van der Waals surface area contributed by atoms with Crippen LogP contribution in [0.15, 0.2) is 28.7 Å². The van der Waals surface area contributed by atoms with Gasteiger partial charge in [0.1, 0.15) is 0 Å². The highest BCUT2D eigenvalue weighted by Gasteiger charge is 2.46. The van der Waals surface area contributed by atoms with E-state index in [4.69, 9.17) is 0 Å². The average molecular weight is 325 g/mol. The predicted octanol–water partition coefficient (Wildman–Crippen LogP) is 2.85. The molecule has 1 aliphatic heterocycles. The number of nitrogens with one attached hydrogen (secondary N) is 1. The molecule has 1 aliphatic carbocycles. The summed E-state index contributed by atoms with van der Waals surface area (Å²) in [5, 5.41) is 13.4. The van der Waals surface area contributed by atoms with Crippen molar-refractivity contribution in [2.24, 2.45) is 0 Å². The molecular formula is C15H21BrN2O. The van der Waals surface area contributed by atoms with E-state index in [1.807, 2.05) is 12.1 Å². The number of aliphatic hydroxyl groups is 1. The molecule has 1 heterocycles. The second-order valence-electron chi connectivity index (χ2n) is 6.03. The molecule has 1 saturated heterocycles. The van der Waals surface area contributed by atoms with E-state index >= 15 is 0 Å². The summed E-state index contributed by atoms with van der Waals surface area (Å²) < 4.78 is 1.08. The van der Waals surface area contributed by atoms with Crippen LogP contribution in [0.1, 0.15) is 26.2 Å². The largest absolute Gasteiger partial charge is 0.394 e. The molecule has 1 aromatic carbocycles. The molecule has 1 aromatic rings. The van der Waals surface area contributed by atoms with E-state index in [1.165, 1.54) is 12.8 Å². The highest BCUT2D eigenvalue weighted by atomic mass is 79.9. The summed E-state index contributed by atoms with van der Waals surface area (Å²) in [4.78, 5) is 2.56. The molecule has 2 unspecified atom stereocenters. The molecule has 19 heavy (non-hydrogen) atoms. The summed E-state index contributed by atoms with van der Waals surface area (Å²) in [5.74, 6) is 0. The third kappa shape index (κ3) is 2.81. The normalized spacial score (nSPS) is 31.6. The minimum Gasteiger partial charge on any atom is -0.394 e. The predicted molar refractivity (Wildman–Crippen MR) is 81.4 cm³/mol. The molecule has 0 bridgehead atoms. The van der Waals surface area contributed by atoms with Crippen molar-refractivity contribution < 1.29 is 5.11 Å². The molecule has 3 nitrogen and oxygen atoms in total. The Morgan fingerprint density at radius 2 is 2.05 bits per heavy atom. The molecule has 1 saturated carbocycles. The molecule has 2 N–H and O–H groups in total. The van der Waals surface area contributed by atoms with Crippen LogP contribution in [0.2, 0.25) is 0 Å². The number of nitrogens with zero attached hydrogens (tertiary/aromatic N) is 1. The van der Waals surface area contributed by atoms with Crippen LogP contribution >= 0.6 is 15.9 Å². The van der Waals surface area contributed by atoms with Gasteiger partial charge in [-0.05, 0) is 50.5 Å². The number of hydrogen-bond donors (Lipinski definition) is 2. The topological polar surface area (TPSA) is 35.5 Å². The van der Waals surface area contributed by atoms with E-state index in [0.29, 0.717) is 6.04 Å². The van der Waals surface area contributed by atoms with Gasteiger partial charge in [0.25, 0.3) is 0 Å². The first kappa shape index (κ1) is 13.4. The van der Waals surface area contributed by atoms with Gasteiger partial charge >= 0.3 is 0 Å². The third-order valence-electron chi connectivity index (χ3n) is 4.31. The van der Waals surface area contributed by atoms with Crippen LogP contribution in [0.4, 0.5) is 5.69 Å². The van der Waals surface area contributed by atoms with Crippen LogP contribution in [0.3, 0.4) is 0 Å². The van der Waals surface area contributed by atoms with Crippen LogP contribution < -0.4 is 5.32 Å². The van der Waals surface area contributed by atoms with Crippen molar-refractivity contribution in [3.05, 3.63) is 28.7 Å². The first-order valence-electron chi connectivity index (χ1n) is 7.02. The standard InChI is InChI=1S/C15H21BrN2O/c1-11-8-15(10-19,9-18(11)14-6-7-14)17-13-4-2-12(16)3-5-13/h2-5,11,14,17,19H,6-10H2,1H3. The molecule has 2 fully saturated rings. The first-order chi connectivity index (χ1) is 9.12. The number of hydrogen-bond acceptors (Lipinski definition) is 3. The Kier molecular flexibility index (Phi) is 3.58. The quantitative estimate of drug-likeness (QED) is 0.894. The number of rotatable bonds is 4. The molecule has 104 valence electrons. The van der Waals surface area contributed by atoms with E-state index in [2.05, 4.69) is 45.2 Å². The second-order valence-corrected chi connectivity index (χ2v) is 6.94. The van der Waals surface area contributed by atoms with E-state index in [1.54, 1.807) is 0 Å². The van der Waals surface area contributed by atoms with Crippen molar-refractivity contribution in [3.63, 3.8) is 0 Å². The van der Waals surface area contributed by atoms with E-state index in [0.717, 1.165) is 29.2 Å². The van der Waals surface area contributed by atoms with Gasteiger partial charge in [-0.2, -0.15) is 0 Å². The average Bonchev–Trinajstić information content (AvgIpc) is 3.18. The molecule has 4 heteroatoms. The number of aliphatic hydroxyl groups excluding tert-OH is 1. The molecular weight excluding hydrogens is 304 g/mol. The van der Waals surface area contributed by atoms with Crippen LogP contribution in [-0.2, 0) is 0 Å². The van der Waals surface area contributed by atoms with Gasteiger partial charge in [0, 0.05) is 28.8 Å². The smallest absolute Gasteiger partial charge is 0.0745 e.